The highest BCUT2D eigenvalue weighted by Crippen LogP contribution is 2.29. The van der Waals surface area contributed by atoms with E-state index in [9.17, 15) is 29.1 Å². The molecule has 2 heterocycles. The Balaban J connectivity index is 2.10. The molecule has 48 heavy (non-hydrogen) atoms. The zero-order valence-electron chi connectivity index (χ0n) is 28.4. The molecule has 0 saturated carbocycles. The van der Waals surface area contributed by atoms with Crippen LogP contribution in [-0.4, -0.2) is 78.7 Å². The Morgan fingerprint density at radius 2 is 1.83 bits per heavy atom. The first-order chi connectivity index (χ1) is 22.7. The van der Waals surface area contributed by atoms with Gasteiger partial charge in [0, 0.05) is 37.4 Å². The third-order valence-corrected chi connectivity index (χ3v) is 8.36. The van der Waals surface area contributed by atoms with Gasteiger partial charge in [-0.15, -0.1) is 5.48 Å². The van der Waals surface area contributed by atoms with Crippen LogP contribution in [0.15, 0.2) is 63.0 Å². The molecule has 0 saturated heterocycles. The summed E-state index contributed by atoms with van der Waals surface area (Å²) < 4.78 is 16.4. The number of nitrogens with one attached hydrogen (secondary N) is 3. The second-order valence-electron chi connectivity index (χ2n) is 12.0. The molecule has 6 atom stereocenters. The smallest absolute Gasteiger partial charge is 0.312 e. The lowest BCUT2D eigenvalue weighted by Gasteiger charge is -2.30. The third kappa shape index (κ3) is 9.10. The van der Waals surface area contributed by atoms with Gasteiger partial charge in [0.05, 0.1) is 41.4 Å². The second kappa shape index (κ2) is 17.1. The molecule has 2 bridgehead atoms. The molecule has 3 rings (SSSR count). The second-order valence-corrected chi connectivity index (χ2v) is 12.0. The van der Waals surface area contributed by atoms with E-state index in [1.54, 1.807) is 45.9 Å². The number of ether oxygens (including phenoxy) is 2. The normalized spacial score (nSPS) is 29.2. The summed E-state index contributed by atoms with van der Waals surface area (Å²) in [6.07, 6.45) is 5.37. The Bertz CT molecular complexity index is 1550. The van der Waals surface area contributed by atoms with Gasteiger partial charge in [0.2, 0.25) is 11.6 Å². The van der Waals surface area contributed by atoms with Crippen LogP contribution < -0.4 is 16.1 Å². The van der Waals surface area contributed by atoms with Gasteiger partial charge in [0.25, 0.3) is 11.8 Å². The third-order valence-electron chi connectivity index (χ3n) is 8.36. The number of hydroxylamine groups is 1. The summed E-state index contributed by atoms with van der Waals surface area (Å²) in [5.41, 5.74) is 3.51. The van der Waals surface area contributed by atoms with E-state index in [0.717, 1.165) is 6.08 Å². The molecule has 0 fully saturated rings. The van der Waals surface area contributed by atoms with Gasteiger partial charge in [-0.25, -0.2) is 0 Å². The van der Waals surface area contributed by atoms with Crippen LogP contribution in [0, 0.1) is 25.7 Å². The summed E-state index contributed by atoms with van der Waals surface area (Å²) >= 11 is 0. The fraction of sp³-hybridized carbons (Fsp3) is 0.471. The maximum Gasteiger partial charge on any atom is 0.312 e. The summed E-state index contributed by atoms with van der Waals surface area (Å²) in [6, 6.07) is -0.658. The van der Waals surface area contributed by atoms with Crippen LogP contribution in [0.5, 0.6) is 0 Å². The van der Waals surface area contributed by atoms with E-state index < -0.39 is 53.7 Å². The average molecular weight is 669 g/mol. The first-order valence-corrected chi connectivity index (χ1v) is 15.4. The number of carbonyl (C=O) groups is 5. The van der Waals surface area contributed by atoms with Crippen LogP contribution >= 0.6 is 0 Å². The van der Waals surface area contributed by atoms with Crippen LogP contribution in [0.1, 0.15) is 62.3 Å². The summed E-state index contributed by atoms with van der Waals surface area (Å²) in [5, 5.41) is 20.3. The topological polar surface area (TPSA) is 195 Å². The highest BCUT2D eigenvalue weighted by atomic mass is 16.7. The Hall–Kier alpha value is -4.50. The van der Waals surface area contributed by atoms with Gasteiger partial charge in [-0.05, 0) is 46.5 Å². The number of hydrogen-bond acceptors (Lipinski definition) is 12. The van der Waals surface area contributed by atoms with Gasteiger partial charge in [-0.1, -0.05) is 48.9 Å². The SMILES string of the molecule is CO[C@H]1/C=C\C=C(/C)C(=O)NC2=CC(=O)C(NC(=O)c3c(C)noc3C)=C(C[C@@H](C)C[C@H](OC)[C@H](O)[C@@H](C)/C=C(\C)[C@@H]1NOC=O)C2=O. The van der Waals surface area contributed by atoms with E-state index in [1.165, 1.54) is 27.2 Å². The summed E-state index contributed by atoms with van der Waals surface area (Å²) in [4.78, 5) is 69.6. The van der Waals surface area contributed by atoms with Crippen molar-refractivity contribution in [2.75, 3.05) is 14.2 Å². The zero-order valence-corrected chi connectivity index (χ0v) is 28.4. The number of nitrogens with zero attached hydrogens (tertiary/aromatic N) is 1. The average Bonchev–Trinajstić information content (AvgIpc) is 3.39. The molecule has 0 spiro atoms. The Morgan fingerprint density at radius 1 is 1.12 bits per heavy atom. The van der Waals surface area contributed by atoms with Crippen molar-refractivity contribution in [3.8, 4) is 0 Å². The van der Waals surface area contributed by atoms with Crippen LogP contribution in [0.25, 0.3) is 0 Å². The molecule has 1 aliphatic carbocycles. The lowest BCUT2D eigenvalue weighted by molar-refractivity contribution is -0.138. The van der Waals surface area contributed by atoms with Gasteiger partial charge < -0.3 is 34.6 Å². The number of methoxy groups -OCH3 is 2. The van der Waals surface area contributed by atoms with Gasteiger partial charge >= 0.3 is 6.47 Å². The van der Waals surface area contributed by atoms with Crippen LogP contribution in [0.4, 0.5) is 0 Å². The molecule has 2 aliphatic rings. The first-order valence-electron chi connectivity index (χ1n) is 15.4. The highest BCUT2D eigenvalue weighted by Gasteiger charge is 2.34. The molecule has 0 aromatic carbocycles. The number of ketones is 2. The molecule has 14 heteroatoms. The fourth-order valence-corrected chi connectivity index (χ4v) is 5.71. The zero-order chi connectivity index (χ0) is 35.7. The van der Waals surface area contributed by atoms with Crippen molar-refractivity contribution in [3.05, 3.63) is 75.5 Å². The number of carbonyl (C=O) groups excluding carboxylic acids is 5. The van der Waals surface area contributed by atoms with Gasteiger partial charge in [-0.2, -0.15) is 0 Å². The summed E-state index contributed by atoms with van der Waals surface area (Å²) in [5.74, 6) is -3.20. The van der Waals surface area contributed by atoms with E-state index in [0.29, 0.717) is 11.3 Å². The van der Waals surface area contributed by atoms with Crippen molar-refractivity contribution in [2.45, 2.75) is 78.7 Å². The molecule has 0 unspecified atom stereocenters. The van der Waals surface area contributed by atoms with Crippen molar-refractivity contribution in [1.29, 1.82) is 0 Å². The van der Waals surface area contributed by atoms with Crippen molar-refractivity contribution in [1.82, 2.24) is 21.3 Å². The van der Waals surface area contributed by atoms with E-state index in [1.807, 2.05) is 6.92 Å². The minimum Gasteiger partial charge on any atom is -0.390 e. The molecular formula is C34H44N4O10. The van der Waals surface area contributed by atoms with Crippen LogP contribution in [-0.2, 0) is 33.5 Å². The number of aliphatic hydroxyl groups excluding tert-OH is 1. The number of aromatic nitrogens is 1. The van der Waals surface area contributed by atoms with Crippen molar-refractivity contribution >= 4 is 29.9 Å². The molecular weight excluding hydrogens is 624 g/mol. The van der Waals surface area contributed by atoms with Gasteiger partial charge in [-0.3, -0.25) is 24.0 Å². The molecule has 14 nitrogen and oxygen atoms in total. The maximum atomic E-state index is 13.9. The number of aryl methyl sites for hydroxylation is 2. The first kappa shape index (κ1) is 38.0. The molecule has 4 N–H and O–H groups in total. The van der Waals surface area contributed by atoms with E-state index >= 15 is 0 Å². The predicted octanol–water partition coefficient (Wildman–Crippen LogP) is 2.38. The van der Waals surface area contributed by atoms with Gasteiger partial charge in [0.15, 0.2) is 0 Å². The minimum absolute atomic E-state index is 0.00688. The fourth-order valence-electron chi connectivity index (χ4n) is 5.71. The summed E-state index contributed by atoms with van der Waals surface area (Å²) in [6.45, 7) is 10.3. The van der Waals surface area contributed by atoms with E-state index in [4.69, 9.17) is 18.8 Å². The molecule has 1 aliphatic heterocycles. The minimum atomic E-state index is -1.00. The number of rotatable bonds is 7. The van der Waals surface area contributed by atoms with E-state index in [2.05, 4.69) is 21.3 Å². The number of hydrogen-bond donors (Lipinski definition) is 4. The molecule has 260 valence electrons. The molecule has 2 amide bonds. The number of amides is 2. The Kier molecular flexibility index (Phi) is 13.5. The quantitative estimate of drug-likeness (QED) is 0.144. The Labute approximate surface area is 279 Å². The monoisotopic (exact) mass is 668 g/mol. The Morgan fingerprint density at radius 3 is 2.44 bits per heavy atom. The number of fused-ring (bicyclic) bond motifs is 2. The number of Topliss-reactive ketones (excluding diaryl/α,β-unsaturated/α-hetero) is 1. The van der Waals surface area contributed by atoms with Crippen molar-refractivity contribution in [3.63, 3.8) is 0 Å². The van der Waals surface area contributed by atoms with Crippen LogP contribution in [0.2, 0.25) is 0 Å². The van der Waals surface area contributed by atoms with Crippen molar-refractivity contribution in [2.24, 2.45) is 11.8 Å². The highest BCUT2D eigenvalue weighted by molar-refractivity contribution is 6.24. The predicted molar refractivity (Wildman–Crippen MR) is 173 cm³/mol. The molecule has 1 aromatic heterocycles. The lowest BCUT2D eigenvalue weighted by atomic mass is 9.85. The molecule has 1 aromatic rings. The van der Waals surface area contributed by atoms with E-state index in [-0.39, 0.29) is 59.1 Å². The number of allylic oxidation sites excluding steroid dienone is 4. The maximum absolute atomic E-state index is 13.9. The van der Waals surface area contributed by atoms with Crippen LogP contribution in [0.3, 0.4) is 0 Å². The van der Waals surface area contributed by atoms with Crippen molar-refractivity contribution < 1.29 is 47.9 Å². The number of aliphatic hydroxyl groups is 1. The van der Waals surface area contributed by atoms with Gasteiger partial charge in [0.1, 0.15) is 11.3 Å². The molecule has 0 radical (unpaired) electrons. The lowest BCUT2D eigenvalue weighted by Crippen LogP contribution is -2.41. The summed E-state index contributed by atoms with van der Waals surface area (Å²) in [7, 11) is 2.93. The largest absolute Gasteiger partial charge is 0.390 e. The standard InChI is InChI=1S/C34H44N4O10/c1-17-12-23-30(36-34(44)28-21(5)37-48-22(28)6)25(40)15-24(32(23)42)35-33(43)18(2)10-9-11-26(45-7)29(38-47-16-39)19(3)14-20(4)31(41)27(13-17)46-8/h9-11,14-17,20,26-27,29,31,38,41H,12-13H2,1-8H3,(H,35,43)(H,36,44)/b11-9-,18-10+,19-14+/t17-,20+,26+,27+,29+,31-/m1/s1.